The fraction of sp³-hybridized carbons (Fsp3) is 0.647. The summed E-state index contributed by atoms with van der Waals surface area (Å²) in [5.41, 5.74) is 8.78. The van der Waals surface area contributed by atoms with Crippen molar-refractivity contribution in [3.05, 3.63) is 35.4 Å². The molecule has 1 aliphatic heterocycles. The Hall–Kier alpha value is -0.900. The largest absolute Gasteiger partial charge is 0.384 e. The molecule has 0 aliphatic carbocycles. The maximum absolute atomic E-state index is 6.03. The summed E-state index contributed by atoms with van der Waals surface area (Å²) in [7, 11) is 1.80. The molecule has 0 aromatic heterocycles. The standard InChI is InChI=1S/C17H28N2O/c1-3-14-4-6-16(7-5-14)17(12-18)19-10-8-15(9-11-19)13-20-2/h4-7,15,17H,3,8-13,18H2,1-2H3. The highest BCUT2D eigenvalue weighted by atomic mass is 16.5. The molecule has 2 N–H and O–H groups in total. The fourth-order valence-corrected chi connectivity index (χ4v) is 3.14. The molecule has 0 saturated carbocycles. The van der Waals surface area contributed by atoms with Crippen molar-refractivity contribution < 1.29 is 4.74 Å². The molecule has 112 valence electrons. The number of hydrogen-bond acceptors (Lipinski definition) is 3. The highest BCUT2D eigenvalue weighted by molar-refractivity contribution is 5.25. The van der Waals surface area contributed by atoms with Crippen LogP contribution in [0.5, 0.6) is 0 Å². The molecular formula is C17H28N2O. The second-order valence-electron chi connectivity index (χ2n) is 5.78. The molecule has 1 heterocycles. The predicted octanol–water partition coefficient (Wildman–Crippen LogP) is 2.61. The maximum Gasteiger partial charge on any atom is 0.0491 e. The maximum atomic E-state index is 6.03. The summed E-state index contributed by atoms with van der Waals surface area (Å²) in [6.45, 7) is 6.04. The number of nitrogens with zero attached hydrogens (tertiary/aromatic N) is 1. The summed E-state index contributed by atoms with van der Waals surface area (Å²) >= 11 is 0. The van der Waals surface area contributed by atoms with Gasteiger partial charge in [-0.2, -0.15) is 0 Å². The molecule has 1 fully saturated rings. The summed E-state index contributed by atoms with van der Waals surface area (Å²) in [5.74, 6) is 0.720. The lowest BCUT2D eigenvalue weighted by Crippen LogP contribution is -2.40. The van der Waals surface area contributed by atoms with Gasteiger partial charge in [0.05, 0.1) is 0 Å². The Labute approximate surface area is 123 Å². The number of nitrogens with two attached hydrogens (primary N) is 1. The van der Waals surface area contributed by atoms with Crippen LogP contribution in [0.2, 0.25) is 0 Å². The Morgan fingerprint density at radius 3 is 2.40 bits per heavy atom. The summed E-state index contributed by atoms with van der Waals surface area (Å²) in [4.78, 5) is 2.53. The minimum Gasteiger partial charge on any atom is -0.384 e. The van der Waals surface area contributed by atoms with E-state index in [1.807, 2.05) is 0 Å². The molecular weight excluding hydrogens is 248 g/mol. The summed E-state index contributed by atoms with van der Waals surface area (Å²) in [5, 5.41) is 0. The number of aryl methyl sites for hydroxylation is 1. The monoisotopic (exact) mass is 276 g/mol. The normalized spacial score (nSPS) is 19.1. The van der Waals surface area contributed by atoms with E-state index in [1.54, 1.807) is 7.11 Å². The molecule has 1 unspecified atom stereocenters. The minimum atomic E-state index is 0.365. The molecule has 0 spiro atoms. The van der Waals surface area contributed by atoms with Crippen molar-refractivity contribution in [3.63, 3.8) is 0 Å². The van der Waals surface area contributed by atoms with Gasteiger partial charge in [-0.05, 0) is 49.4 Å². The lowest BCUT2D eigenvalue weighted by Gasteiger charge is -2.37. The number of methoxy groups -OCH3 is 1. The highest BCUT2D eigenvalue weighted by Gasteiger charge is 2.25. The molecule has 0 bridgehead atoms. The van der Waals surface area contributed by atoms with Crippen molar-refractivity contribution in [3.8, 4) is 0 Å². The van der Waals surface area contributed by atoms with Gasteiger partial charge in [-0.1, -0.05) is 31.2 Å². The molecule has 2 rings (SSSR count). The molecule has 1 aromatic carbocycles. The predicted molar refractivity (Wildman–Crippen MR) is 83.8 cm³/mol. The van der Waals surface area contributed by atoms with Gasteiger partial charge in [-0.25, -0.2) is 0 Å². The summed E-state index contributed by atoms with van der Waals surface area (Å²) < 4.78 is 5.27. The van der Waals surface area contributed by atoms with E-state index in [-0.39, 0.29) is 0 Å². The van der Waals surface area contributed by atoms with Gasteiger partial charge in [0.25, 0.3) is 0 Å². The van der Waals surface area contributed by atoms with Crippen molar-refractivity contribution in [1.82, 2.24) is 4.90 Å². The van der Waals surface area contributed by atoms with Crippen LogP contribution in [0.25, 0.3) is 0 Å². The zero-order valence-electron chi connectivity index (χ0n) is 12.8. The summed E-state index contributed by atoms with van der Waals surface area (Å²) in [6, 6.07) is 9.32. The van der Waals surface area contributed by atoms with Crippen LogP contribution in [0, 0.1) is 5.92 Å². The number of hydrogen-bond donors (Lipinski definition) is 1. The van der Waals surface area contributed by atoms with Crippen molar-refractivity contribution in [2.45, 2.75) is 32.2 Å². The first-order valence-corrected chi connectivity index (χ1v) is 7.80. The number of benzene rings is 1. The average molecular weight is 276 g/mol. The van der Waals surface area contributed by atoms with E-state index < -0.39 is 0 Å². The first kappa shape index (κ1) is 15.5. The van der Waals surface area contributed by atoms with E-state index in [0.717, 1.165) is 32.0 Å². The van der Waals surface area contributed by atoms with Crippen molar-refractivity contribution in [2.24, 2.45) is 11.7 Å². The Morgan fingerprint density at radius 1 is 1.25 bits per heavy atom. The van der Waals surface area contributed by atoms with E-state index in [1.165, 1.54) is 24.0 Å². The lowest BCUT2D eigenvalue weighted by molar-refractivity contribution is 0.0810. The van der Waals surface area contributed by atoms with Crippen molar-refractivity contribution in [2.75, 3.05) is 33.4 Å². The second-order valence-corrected chi connectivity index (χ2v) is 5.78. The zero-order valence-corrected chi connectivity index (χ0v) is 12.8. The van der Waals surface area contributed by atoms with Crippen LogP contribution >= 0.6 is 0 Å². The smallest absolute Gasteiger partial charge is 0.0491 e. The second kappa shape index (κ2) is 7.77. The van der Waals surface area contributed by atoms with Crippen LogP contribution in [0.1, 0.15) is 36.9 Å². The van der Waals surface area contributed by atoms with E-state index in [0.29, 0.717) is 12.6 Å². The Kier molecular flexibility index (Phi) is 6.02. The molecule has 1 atom stereocenters. The summed E-state index contributed by atoms with van der Waals surface area (Å²) in [6.07, 6.45) is 3.53. The Bertz CT molecular complexity index is 382. The van der Waals surface area contributed by atoms with Crippen LogP contribution in [0.15, 0.2) is 24.3 Å². The van der Waals surface area contributed by atoms with Gasteiger partial charge in [0.15, 0.2) is 0 Å². The first-order valence-electron chi connectivity index (χ1n) is 7.80. The fourth-order valence-electron chi connectivity index (χ4n) is 3.14. The molecule has 0 amide bonds. The van der Waals surface area contributed by atoms with Gasteiger partial charge in [0, 0.05) is 26.3 Å². The van der Waals surface area contributed by atoms with Gasteiger partial charge in [-0.3, -0.25) is 4.90 Å². The van der Waals surface area contributed by atoms with E-state index in [9.17, 15) is 0 Å². The van der Waals surface area contributed by atoms with E-state index in [2.05, 4.69) is 36.1 Å². The average Bonchev–Trinajstić information content (AvgIpc) is 2.51. The number of piperidine rings is 1. The van der Waals surface area contributed by atoms with Crippen LogP contribution in [-0.2, 0) is 11.2 Å². The SMILES string of the molecule is CCc1ccc(C(CN)N2CCC(COC)CC2)cc1. The minimum absolute atomic E-state index is 0.365. The molecule has 20 heavy (non-hydrogen) atoms. The quantitative estimate of drug-likeness (QED) is 0.868. The van der Waals surface area contributed by atoms with Gasteiger partial charge in [0.2, 0.25) is 0 Å². The van der Waals surface area contributed by atoms with Gasteiger partial charge >= 0.3 is 0 Å². The van der Waals surface area contributed by atoms with Crippen LogP contribution in [-0.4, -0.2) is 38.3 Å². The third kappa shape index (κ3) is 3.81. The molecule has 1 saturated heterocycles. The number of rotatable bonds is 6. The topological polar surface area (TPSA) is 38.5 Å². The van der Waals surface area contributed by atoms with Gasteiger partial charge in [-0.15, -0.1) is 0 Å². The third-order valence-electron chi connectivity index (χ3n) is 4.49. The Morgan fingerprint density at radius 2 is 1.90 bits per heavy atom. The van der Waals surface area contributed by atoms with Crippen LogP contribution < -0.4 is 5.73 Å². The molecule has 1 aromatic rings. The van der Waals surface area contributed by atoms with E-state index in [4.69, 9.17) is 10.5 Å². The number of likely N-dealkylation sites (tertiary alicyclic amines) is 1. The van der Waals surface area contributed by atoms with Gasteiger partial charge < -0.3 is 10.5 Å². The molecule has 3 nitrogen and oxygen atoms in total. The third-order valence-corrected chi connectivity index (χ3v) is 4.49. The zero-order chi connectivity index (χ0) is 14.4. The lowest BCUT2D eigenvalue weighted by atomic mass is 9.94. The molecule has 1 aliphatic rings. The first-order chi connectivity index (χ1) is 9.78. The van der Waals surface area contributed by atoms with Crippen LogP contribution in [0.3, 0.4) is 0 Å². The highest BCUT2D eigenvalue weighted by Crippen LogP contribution is 2.26. The Balaban J connectivity index is 1.97. The van der Waals surface area contributed by atoms with Crippen molar-refractivity contribution in [1.29, 1.82) is 0 Å². The van der Waals surface area contributed by atoms with Crippen LogP contribution in [0.4, 0.5) is 0 Å². The number of ether oxygens (including phenoxy) is 1. The van der Waals surface area contributed by atoms with E-state index >= 15 is 0 Å². The van der Waals surface area contributed by atoms with Gasteiger partial charge in [0.1, 0.15) is 0 Å². The molecule has 3 heteroatoms. The van der Waals surface area contributed by atoms with Crippen molar-refractivity contribution >= 4 is 0 Å². The molecule has 0 radical (unpaired) electrons.